The molecule has 0 radical (unpaired) electrons. The lowest BCUT2D eigenvalue weighted by atomic mass is 10.2. The van der Waals surface area contributed by atoms with Crippen LogP contribution in [-0.2, 0) is 16.6 Å². The lowest BCUT2D eigenvalue weighted by Crippen LogP contribution is -2.38. The molecule has 120 valence electrons. The number of aliphatic hydroxyl groups excluding tert-OH is 1. The van der Waals surface area contributed by atoms with Gasteiger partial charge < -0.3 is 5.11 Å². The quantitative estimate of drug-likeness (QED) is 0.789. The molecular weight excluding hydrogens is 292 g/mol. The Morgan fingerprint density at radius 3 is 2.67 bits per heavy atom. The van der Waals surface area contributed by atoms with Crippen LogP contribution in [0.4, 0.5) is 0 Å². The number of aromatic amines is 1. The first-order valence-corrected chi connectivity index (χ1v) is 8.78. The van der Waals surface area contributed by atoms with E-state index in [4.69, 9.17) is 0 Å². The minimum atomic E-state index is -3.64. The highest BCUT2D eigenvalue weighted by molar-refractivity contribution is 7.89. The molecule has 1 aliphatic rings. The molecule has 1 saturated heterocycles. The van der Waals surface area contributed by atoms with E-state index in [9.17, 15) is 13.5 Å². The van der Waals surface area contributed by atoms with Gasteiger partial charge in [0.15, 0.2) is 5.03 Å². The molecule has 0 spiro atoms. The SMILES string of the molecule is CCN(CC)C1CCN(S(=O)(=O)c2n[nH]c(C)c2CO)C1. The first kappa shape index (κ1) is 16.4. The van der Waals surface area contributed by atoms with Crippen LogP contribution in [0.25, 0.3) is 0 Å². The molecule has 0 aliphatic carbocycles. The van der Waals surface area contributed by atoms with Crippen LogP contribution in [-0.4, -0.2) is 65.1 Å². The highest BCUT2D eigenvalue weighted by Gasteiger charge is 2.37. The van der Waals surface area contributed by atoms with E-state index in [1.165, 1.54) is 4.31 Å². The zero-order chi connectivity index (χ0) is 15.6. The monoisotopic (exact) mass is 316 g/mol. The highest BCUT2D eigenvalue weighted by atomic mass is 32.2. The molecule has 1 atom stereocenters. The largest absolute Gasteiger partial charge is 0.392 e. The molecular formula is C13H24N4O3S. The van der Waals surface area contributed by atoms with Gasteiger partial charge in [-0.1, -0.05) is 13.8 Å². The number of likely N-dealkylation sites (N-methyl/N-ethyl adjacent to an activating group) is 1. The number of aliphatic hydroxyl groups is 1. The van der Waals surface area contributed by atoms with Gasteiger partial charge in [0.05, 0.1) is 6.61 Å². The first-order chi connectivity index (χ1) is 9.95. The number of aryl methyl sites for hydroxylation is 1. The topological polar surface area (TPSA) is 89.5 Å². The first-order valence-electron chi connectivity index (χ1n) is 7.34. The van der Waals surface area contributed by atoms with E-state index in [2.05, 4.69) is 28.9 Å². The van der Waals surface area contributed by atoms with Gasteiger partial charge in [-0.05, 0) is 26.4 Å². The van der Waals surface area contributed by atoms with E-state index in [-0.39, 0.29) is 17.7 Å². The Morgan fingerprint density at radius 1 is 1.43 bits per heavy atom. The summed E-state index contributed by atoms with van der Waals surface area (Å²) in [4.78, 5) is 2.28. The van der Waals surface area contributed by atoms with Crippen molar-refractivity contribution < 1.29 is 13.5 Å². The van der Waals surface area contributed by atoms with Crippen LogP contribution in [0.15, 0.2) is 5.03 Å². The van der Waals surface area contributed by atoms with Crippen LogP contribution < -0.4 is 0 Å². The summed E-state index contributed by atoms with van der Waals surface area (Å²) in [6.45, 7) is 8.37. The summed E-state index contributed by atoms with van der Waals surface area (Å²) in [7, 11) is -3.64. The predicted molar refractivity (Wildman–Crippen MR) is 79.3 cm³/mol. The molecule has 0 aromatic carbocycles. The standard InChI is InChI=1S/C13H24N4O3S/c1-4-16(5-2)11-6-7-17(8-11)21(19,20)13-12(9-18)10(3)14-15-13/h11,18H,4-9H2,1-3H3,(H,14,15). The van der Waals surface area contributed by atoms with Crippen molar-refractivity contribution in [2.24, 2.45) is 0 Å². The average Bonchev–Trinajstić information content (AvgIpc) is 3.07. The third kappa shape index (κ3) is 2.98. The number of aromatic nitrogens is 2. The van der Waals surface area contributed by atoms with Crippen LogP contribution in [0, 0.1) is 6.92 Å². The molecule has 1 unspecified atom stereocenters. The van der Waals surface area contributed by atoms with Crippen LogP contribution in [0.1, 0.15) is 31.5 Å². The van der Waals surface area contributed by atoms with Gasteiger partial charge in [-0.15, -0.1) is 0 Å². The maximum Gasteiger partial charge on any atom is 0.262 e. The van der Waals surface area contributed by atoms with Crippen LogP contribution in [0.2, 0.25) is 0 Å². The fourth-order valence-electron chi connectivity index (χ4n) is 2.92. The molecule has 1 aromatic heterocycles. The van der Waals surface area contributed by atoms with Crippen molar-refractivity contribution in [1.29, 1.82) is 0 Å². The third-order valence-corrected chi connectivity index (χ3v) is 6.07. The lowest BCUT2D eigenvalue weighted by Gasteiger charge is -2.25. The normalized spacial score (nSPS) is 20.5. The fraction of sp³-hybridized carbons (Fsp3) is 0.769. The van der Waals surface area contributed by atoms with E-state index in [0.717, 1.165) is 19.5 Å². The molecule has 0 amide bonds. The summed E-state index contributed by atoms with van der Waals surface area (Å²) in [5.41, 5.74) is 0.955. The Labute approximate surface area is 126 Å². The lowest BCUT2D eigenvalue weighted by molar-refractivity contribution is 0.224. The van der Waals surface area contributed by atoms with Gasteiger partial charge in [0.1, 0.15) is 0 Å². The molecule has 1 fully saturated rings. The van der Waals surface area contributed by atoms with E-state index >= 15 is 0 Å². The van der Waals surface area contributed by atoms with Crippen molar-refractivity contribution in [1.82, 2.24) is 19.4 Å². The summed E-state index contributed by atoms with van der Waals surface area (Å²) in [6.07, 6.45) is 0.832. The molecule has 1 aromatic rings. The summed E-state index contributed by atoms with van der Waals surface area (Å²) >= 11 is 0. The van der Waals surface area contributed by atoms with Crippen molar-refractivity contribution in [3.8, 4) is 0 Å². The van der Waals surface area contributed by atoms with Gasteiger partial charge in [0.2, 0.25) is 0 Å². The Morgan fingerprint density at radius 2 is 2.10 bits per heavy atom. The van der Waals surface area contributed by atoms with Crippen molar-refractivity contribution in [3.05, 3.63) is 11.3 Å². The van der Waals surface area contributed by atoms with Gasteiger partial charge in [-0.2, -0.15) is 9.40 Å². The van der Waals surface area contributed by atoms with Gasteiger partial charge in [-0.25, -0.2) is 8.42 Å². The zero-order valence-electron chi connectivity index (χ0n) is 12.8. The summed E-state index contributed by atoms with van der Waals surface area (Å²) in [5, 5.41) is 15.9. The van der Waals surface area contributed by atoms with E-state index in [0.29, 0.717) is 24.3 Å². The smallest absolute Gasteiger partial charge is 0.262 e. The molecule has 8 heteroatoms. The Balaban J connectivity index is 2.22. The van der Waals surface area contributed by atoms with Crippen molar-refractivity contribution in [2.45, 2.75) is 44.9 Å². The average molecular weight is 316 g/mol. The molecule has 2 rings (SSSR count). The summed E-state index contributed by atoms with van der Waals surface area (Å²) < 4.78 is 26.8. The molecule has 0 bridgehead atoms. The van der Waals surface area contributed by atoms with Gasteiger partial charge >= 0.3 is 0 Å². The second-order valence-electron chi connectivity index (χ2n) is 5.32. The van der Waals surface area contributed by atoms with Crippen molar-refractivity contribution >= 4 is 10.0 Å². The maximum atomic E-state index is 12.7. The Bertz CT molecular complexity index is 580. The number of nitrogens with one attached hydrogen (secondary N) is 1. The minimum absolute atomic E-state index is 0.0392. The molecule has 21 heavy (non-hydrogen) atoms. The summed E-state index contributed by atoms with van der Waals surface area (Å²) in [6, 6.07) is 0.257. The number of sulfonamides is 1. The van der Waals surface area contributed by atoms with Gasteiger partial charge in [-0.3, -0.25) is 10.00 Å². The highest BCUT2D eigenvalue weighted by Crippen LogP contribution is 2.25. The maximum absolute atomic E-state index is 12.7. The van der Waals surface area contributed by atoms with E-state index < -0.39 is 10.0 Å². The van der Waals surface area contributed by atoms with Crippen molar-refractivity contribution in [3.63, 3.8) is 0 Å². The fourth-order valence-corrected chi connectivity index (χ4v) is 4.57. The van der Waals surface area contributed by atoms with Gasteiger partial charge in [0.25, 0.3) is 10.0 Å². The Kier molecular flexibility index (Phi) is 5.03. The molecule has 1 aliphatic heterocycles. The second kappa shape index (κ2) is 6.43. The van der Waals surface area contributed by atoms with Crippen LogP contribution >= 0.6 is 0 Å². The van der Waals surface area contributed by atoms with Gasteiger partial charge in [0, 0.05) is 30.4 Å². The van der Waals surface area contributed by atoms with Crippen LogP contribution in [0.5, 0.6) is 0 Å². The second-order valence-corrected chi connectivity index (χ2v) is 7.17. The number of nitrogens with zero attached hydrogens (tertiary/aromatic N) is 3. The van der Waals surface area contributed by atoms with E-state index in [1.54, 1.807) is 6.92 Å². The third-order valence-electron chi connectivity index (χ3n) is 4.23. The molecule has 2 heterocycles. The number of rotatable bonds is 6. The molecule has 0 saturated carbocycles. The summed E-state index contributed by atoms with van der Waals surface area (Å²) in [5.74, 6) is 0. The molecule has 2 N–H and O–H groups in total. The predicted octanol–water partition coefficient (Wildman–Crippen LogP) is 0.315. The number of H-pyrrole nitrogens is 1. The van der Waals surface area contributed by atoms with Crippen LogP contribution in [0.3, 0.4) is 0 Å². The van der Waals surface area contributed by atoms with E-state index in [1.807, 2.05) is 0 Å². The minimum Gasteiger partial charge on any atom is -0.392 e. The number of hydrogen-bond donors (Lipinski definition) is 2. The zero-order valence-corrected chi connectivity index (χ0v) is 13.7. The Hall–Kier alpha value is -0.960. The van der Waals surface area contributed by atoms with Crippen molar-refractivity contribution in [2.75, 3.05) is 26.2 Å². The number of hydrogen-bond acceptors (Lipinski definition) is 5. The molecule has 7 nitrogen and oxygen atoms in total.